The molecular formula is C14H22ClN3. The molecule has 0 aliphatic carbocycles. The first-order valence-electron chi connectivity index (χ1n) is 6.02. The Morgan fingerprint density at radius 1 is 1.11 bits per heavy atom. The zero-order valence-corrected chi connectivity index (χ0v) is 12.8. The monoisotopic (exact) mass is 267 g/mol. The average Bonchev–Trinajstić information content (AvgIpc) is 2.39. The zero-order valence-electron chi connectivity index (χ0n) is 12.0. The highest BCUT2D eigenvalue weighted by Crippen LogP contribution is 2.23. The van der Waals surface area contributed by atoms with E-state index >= 15 is 0 Å². The first-order valence-corrected chi connectivity index (χ1v) is 6.02. The van der Waals surface area contributed by atoms with E-state index in [9.17, 15) is 0 Å². The van der Waals surface area contributed by atoms with Crippen LogP contribution in [-0.2, 0) is 0 Å². The molecule has 0 saturated heterocycles. The van der Waals surface area contributed by atoms with Gasteiger partial charge in [0, 0.05) is 11.2 Å². The van der Waals surface area contributed by atoms with Gasteiger partial charge in [0.1, 0.15) is 11.5 Å². The van der Waals surface area contributed by atoms with Crippen molar-refractivity contribution < 1.29 is 0 Å². The van der Waals surface area contributed by atoms with E-state index < -0.39 is 0 Å². The number of aryl methyl sites for hydroxylation is 3. The number of hydrogen-bond acceptors (Lipinski definition) is 2. The van der Waals surface area contributed by atoms with Crippen molar-refractivity contribution in [1.82, 2.24) is 9.38 Å². The van der Waals surface area contributed by atoms with E-state index in [0.29, 0.717) is 0 Å². The Bertz CT molecular complexity index is 564. The fourth-order valence-corrected chi connectivity index (χ4v) is 2.15. The van der Waals surface area contributed by atoms with Crippen LogP contribution in [0.5, 0.6) is 0 Å². The van der Waals surface area contributed by atoms with Crippen LogP contribution in [0.15, 0.2) is 12.1 Å². The van der Waals surface area contributed by atoms with E-state index in [-0.39, 0.29) is 17.9 Å². The van der Waals surface area contributed by atoms with Gasteiger partial charge in [0.15, 0.2) is 0 Å². The van der Waals surface area contributed by atoms with Crippen LogP contribution in [-0.4, -0.2) is 14.9 Å². The maximum absolute atomic E-state index is 4.62. The van der Waals surface area contributed by atoms with Crippen LogP contribution in [0.2, 0.25) is 0 Å². The molecular weight excluding hydrogens is 246 g/mol. The van der Waals surface area contributed by atoms with Gasteiger partial charge in [-0.3, -0.25) is 4.40 Å². The second-order valence-electron chi connectivity index (χ2n) is 5.79. The molecule has 0 aromatic carbocycles. The molecule has 0 atom stereocenters. The van der Waals surface area contributed by atoms with E-state index in [1.807, 2.05) is 0 Å². The second-order valence-corrected chi connectivity index (χ2v) is 5.79. The number of hydrogen-bond donors (Lipinski definition) is 1. The number of pyridine rings is 1. The zero-order chi connectivity index (χ0) is 12.8. The summed E-state index contributed by atoms with van der Waals surface area (Å²) in [5, 5.41) is 3.53. The Labute approximate surface area is 115 Å². The van der Waals surface area contributed by atoms with Gasteiger partial charge in [0.25, 0.3) is 0 Å². The SMILES string of the molecule is Cc1cc(C)n2c(NC(C)(C)C)c(C)nc2c1.Cl. The minimum Gasteiger partial charge on any atom is -0.365 e. The van der Waals surface area contributed by atoms with E-state index in [1.54, 1.807) is 0 Å². The lowest BCUT2D eigenvalue weighted by atomic mass is 10.1. The molecule has 0 unspecified atom stereocenters. The topological polar surface area (TPSA) is 29.3 Å². The molecule has 0 fully saturated rings. The van der Waals surface area contributed by atoms with Crippen LogP contribution in [0.25, 0.3) is 5.65 Å². The van der Waals surface area contributed by atoms with Crippen LogP contribution in [0.3, 0.4) is 0 Å². The molecule has 0 aliphatic heterocycles. The summed E-state index contributed by atoms with van der Waals surface area (Å²) in [5.74, 6) is 1.10. The quantitative estimate of drug-likeness (QED) is 0.849. The summed E-state index contributed by atoms with van der Waals surface area (Å²) in [6, 6.07) is 4.30. The van der Waals surface area contributed by atoms with Crippen LogP contribution < -0.4 is 5.32 Å². The van der Waals surface area contributed by atoms with Gasteiger partial charge >= 0.3 is 0 Å². The standard InChI is InChI=1S/C14H21N3.ClH/c1-9-7-10(2)17-12(8-9)15-11(3)13(17)16-14(4,5)6;/h7-8,16H,1-6H3;1H. The van der Waals surface area contributed by atoms with Crippen molar-refractivity contribution in [1.29, 1.82) is 0 Å². The highest BCUT2D eigenvalue weighted by atomic mass is 35.5. The Balaban J connectivity index is 0.00000162. The number of aromatic nitrogens is 2. The van der Waals surface area contributed by atoms with Crippen LogP contribution >= 0.6 is 12.4 Å². The van der Waals surface area contributed by atoms with Gasteiger partial charge in [-0.2, -0.15) is 0 Å². The van der Waals surface area contributed by atoms with E-state index in [2.05, 4.69) is 68.4 Å². The van der Waals surface area contributed by atoms with Gasteiger partial charge in [-0.05, 0) is 59.2 Å². The molecule has 0 saturated carbocycles. The maximum atomic E-state index is 4.62. The number of fused-ring (bicyclic) bond motifs is 1. The Morgan fingerprint density at radius 3 is 2.28 bits per heavy atom. The van der Waals surface area contributed by atoms with Crippen molar-refractivity contribution in [3.05, 3.63) is 29.1 Å². The number of nitrogens with one attached hydrogen (secondary N) is 1. The largest absolute Gasteiger partial charge is 0.365 e. The van der Waals surface area contributed by atoms with Gasteiger partial charge in [0.05, 0.1) is 5.69 Å². The van der Waals surface area contributed by atoms with Crippen molar-refractivity contribution in [2.24, 2.45) is 0 Å². The molecule has 2 aromatic rings. The van der Waals surface area contributed by atoms with Crippen molar-refractivity contribution >= 4 is 23.9 Å². The fourth-order valence-electron chi connectivity index (χ4n) is 2.15. The molecule has 2 heterocycles. The third-order valence-electron chi connectivity index (χ3n) is 2.72. The normalized spacial score (nSPS) is 11.4. The summed E-state index contributed by atoms with van der Waals surface area (Å²) in [6.07, 6.45) is 0. The van der Waals surface area contributed by atoms with Gasteiger partial charge in [-0.25, -0.2) is 4.98 Å². The summed E-state index contributed by atoms with van der Waals surface area (Å²) < 4.78 is 2.19. The molecule has 3 nitrogen and oxygen atoms in total. The molecule has 4 heteroatoms. The molecule has 0 spiro atoms. The number of imidazole rings is 1. The molecule has 100 valence electrons. The van der Waals surface area contributed by atoms with Crippen molar-refractivity contribution in [3.63, 3.8) is 0 Å². The van der Waals surface area contributed by atoms with Crippen molar-refractivity contribution in [3.8, 4) is 0 Å². The Morgan fingerprint density at radius 2 is 1.72 bits per heavy atom. The number of nitrogens with zero attached hydrogens (tertiary/aromatic N) is 2. The molecule has 0 bridgehead atoms. The number of rotatable bonds is 1. The third kappa shape index (κ3) is 2.78. The van der Waals surface area contributed by atoms with Crippen LogP contribution in [0.4, 0.5) is 5.82 Å². The molecule has 0 amide bonds. The molecule has 0 radical (unpaired) electrons. The second kappa shape index (κ2) is 4.81. The minimum atomic E-state index is 0. The molecule has 18 heavy (non-hydrogen) atoms. The highest BCUT2D eigenvalue weighted by molar-refractivity contribution is 5.85. The van der Waals surface area contributed by atoms with Crippen molar-refractivity contribution in [2.45, 2.75) is 47.1 Å². The minimum absolute atomic E-state index is 0. The summed E-state index contributed by atoms with van der Waals surface area (Å²) in [4.78, 5) is 4.62. The Kier molecular flexibility index (Phi) is 3.96. The van der Waals surface area contributed by atoms with Gasteiger partial charge in [0.2, 0.25) is 0 Å². The average molecular weight is 268 g/mol. The van der Waals surface area contributed by atoms with E-state index in [4.69, 9.17) is 0 Å². The summed E-state index contributed by atoms with van der Waals surface area (Å²) in [6.45, 7) is 12.8. The predicted octanol–water partition coefficient (Wildman–Crippen LogP) is 3.89. The van der Waals surface area contributed by atoms with Gasteiger partial charge in [-0.15, -0.1) is 12.4 Å². The van der Waals surface area contributed by atoms with E-state index in [0.717, 1.165) is 17.2 Å². The van der Waals surface area contributed by atoms with Gasteiger partial charge in [-0.1, -0.05) is 0 Å². The molecule has 2 rings (SSSR count). The van der Waals surface area contributed by atoms with Gasteiger partial charge < -0.3 is 5.32 Å². The number of anilines is 1. The first kappa shape index (κ1) is 14.8. The lowest BCUT2D eigenvalue weighted by Crippen LogP contribution is -2.27. The van der Waals surface area contributed by atoms with Crippen molar-refractivity contribution in [2.75, 3.05) is 5.32 Å². The predicted molar refractivity (Wildman–Crippen MR) is 80.0 cm³/mol. The lowest BCUT2D eigenvalue weighted by Gasteiger charge is -2.22. The lowest BCUT2D eigenvalue weighted by molar-refractivity contribution is 0.628. The molecule has 1 N–H and O–H groups in total. The van der Waals surface area contributed by atoms with E-state index in [1.165, 1.54) is 11.3 Å². The molecule has 2 aromatic heterocycles. The Hall–Kier alpha value is -1.22. The summed E-state index contributed by atoms with van der Waals surface area (Å²) in [7, 11) is 0. The highest BCUT2D eigenvalue weighted by Gasteiger charge is 2.16. The third-order valence-corrected chi connectivity index (χ3v) is 2.72. The smallest absolute Gasteiger partial charge is 0.139 e. The maximum Gasteiger partial charge on any atom is 0.139 e. The summed E-state index contributed by atoms with van der Waals surface area (Å²) in [5.41, 5.74) is 4.58. The van der Waals surface area contributed by atoms with Crippen LogP contribution in [0, 0.1) is 20.8 Å². The number of halogens is 1. The fraction of sp³-hybridized carbons (Fsp3) is 0.500. The first-order chi connectivity index (χ1) is 7.78. The summed E-state index contributed by atoms with van der Waals surface area (Å²) >= 11 is 0. The van der Waals surface area contributed by atoms with Crippen LogP contribution in [0.1, 0.15) is 37.7 Å². The molecule has 0 aliphatic rings.